The van der Waals surface area contributed by atoms with Crippen LogP contribution in [0.2, 0.25) is 0 Å². The molecule has 27 heavy (non-hydrogen) atoms. The van der Waals surface area contributed by atoms with Crippen LogP contribution in [0.4, 0.5) is 0 Å². The van der Waals surface area contributed by atoms with Gasteiger partial charge < -0.3 is 20.1 Å². The van der Waals surface area contributed by atoms with Crippen LogP contribution in [0.25, 0.3) is 0 Å². The Morgan fingerprint density at radius 2 is 1.81 bits per heavy atom. The lowest BCUT2D eigenvalue weighted by Crippen LogP contribution is -2.48. The second-order valence-corrected chi connectivity index (χ2v) is 7.40. The van der Waals surface area contributed by atoms with Gasteiger partial charge in [-0.15, -0.1) is 0 Å². The van der Waals surface area contributed by atoms with Crippen LogP contribution in [0.5, 0.6) is 0 Å². The molecule has 3 rings (SSSR count). The Morgan fingerprint density at radius 3 is 2.56 bits per heavy atom. The largest absolute Gasteiger partial charge is 0.388 e. The van der Waals surface area contributed by atoms with Crippen LogP contribution < -0.4 is 5.32 Å². The van der Waals surface area contributed by atoms with E-state index >= 15 is 0 Å². The number of ether oxygens (including phenoxy) is 1. The summed E-state index contributed by atoms with van der Waals surface area (Å²) in [6, 6.07) is 8.87. The van der Waals surface area contributed by atoms with Crippen LogP contribution >= 0.6 is 0 Å². The van der Waals surface area contributed by atoms with Gasteiger partial charge in [-0.2, -0.15) is 0 Å². The van der Waals surface area contributed by atoms with Gasteiger partial charge in [0.05, 0.1) is 25.4 Å². The Kier molecular flexibility index (Phi) is 6.82. The van der Waals surface area contributed by atoms with Crippen LogP contribution in [-0.4, -0.2) is 84.8 Å². The molecule has 2 fully saturated rings. The number of likely N-dealkylation sites (tertiary alicyclic amines) is 1. The van der Waals surface area contributed by atoms with Crippen molar-refractivity contribution in [2.75, 3.05) is 52.5 Å². The van der Waals surface area contributed by atoms with Crippen LogP contribution in [0, 0.1) is 0 Å². The minimum Gasteiger partial charge on any atom is -0.388 e. The molecule has 0 saturated carbocycles. The minimum atomic E-state index is -0.764. The fraction of sp³-hybridized carbons (Fsp3) is 0.600. The van der Waals surface area contributed by atoms with Crippen molar-refractivity contribution in [3.05, 3.63) is 35.9 Å². The number of morpholine rings is 1. The summed E-state index contributed by atoms with van der Waals surface area (Å²) < 4.78 is 5.36. The van der Waals surface area contributed by atoms with Gasteiger partial charge in [-0.25, -0.2) is 0 Å². The fourth-order valence-corrected chi connectivity index (χ4v) is 3.72. The second kappa shape index (κ2) is 9.30. The lowest BCUT2D eigenvalue weighted by molar-refractivity contribution is -0.130. The highest BCUT2D eigenvalue weighted by atomic mass is 16.5. The number of benzene rings is 1. The molecule has 7 nitrogen and oxygen atoms in total. The van der Waals surface area contributed by atoms with Crippen LogP contribution in [-0.2, 0) is 9.53 Å². The molecule has 0 spiro atoms. The summed E-state index contributed by atoms with van der Waals surface area (Å²) in [6.45, 7) is 4.85. The van der Waals surface area contributed by atoms with Gasteiger partial charge in [0.2, 0.25) is 5.91 Å². The first-order chi connectivity index (χ1) is 13.1. The van der Waals surface area contributed by atoms with Crippen molar-refractivity contribution in [2.24, 2.45) is 0 Å². The molecular formula is C20H29N3O4. The number of nitrogens with one attached hydrogen (secondary N) is 1. The highest BCUT2D eigenvalue weighted by molar-refractivity contribution is 5.96. The van der Waals surface area contributed by atoms with Crippen LogP contribution in [0.3, 0.4) is 0 Å². The zero-order valence-electron chi connectivity index (χ0n) is 15.7. The number of rotatable bonds is 5. The molecule has 0 radical (unpaired) electrons. The summed E-state index contributed by atoms with van der Waals surface area (Å²) in [5.41, 5.74) is -0.222. The Bertz CT molecular complexity index is 633. The highest BCUT2D eigenvalue weighted by Crippen LogP contribution is 2.24. The van der Waals surface area contributed by atoms with Gasteiger partial charge in [0.1, 0.15) is 0 Å². The molecule has 2 saturated heterocycles. The summed E-state index contributed by atoms with van der Waals surface area (Å²) in [7, 11) is 0. The van der Waals surface area contributed by atoms with Gasteiger partial charge in [-0.3, -0.25) is 14.5 Å². The monoisotopic (exact) mass is 375 g/mol. The number of carbonyl (C=O) groups is 2. The van der Waals surface area contributed by atoms with Gasteiger partial charge >= 0.3 is 0 Å². The third-order valence-corrected chi connectivity index (χ3v) is 5.33. The van der Waals surface area contributed by atoms with Gasteiger partial charge in [-0.1, -0.05) is 18.2 Å². The minimum absolute atomic E-state index is 0.0182. The average Bonchev–Trinajstić information content (AvgIpc) is 2.89. The number of aliphatic hydroxyl groups is 1. The van der Waals surface area contributed by atoms with Crippen LogP contribution in [0.1, 0.15) is 29.6 Å². The maximum absolute atomic E-state index is 12.5. The maximum Gasteiger partial charge on any atom is 0.251 e. The summed E-state index contributed by atoms with van der Waals surface area (Å²) in [6.07, 6.45) is 2.01. The van der Waals surface area contributed by atoms with Gasteiger partial charge in [-0.05, 0) is 31.4 Å². The summed E-state index contributed by atoms with van der Waals surface area (Å²) in [5, 5.41) is 13.7. The third kappa shape index (κ3) is 5.76. The predicted molar refractivity (Wildman–Crippen MR) is 101 cm³/mol. The topological polar surface area (TPSA) is 82.1 Å². The Hall–Kier alpha value is -1.96. The molecule has 2 amide bonds. The molecule has 2 aliphatic rings. The predicted octanol–water partition coefficient (Wildman–Crippen LogP) is 0.492. The van der Waals surface area contributed by atoms with E-state index in [9.17, 15) is 14.7 Å². The lowest BCUT2D eigenvalue weighted by atomic mass is 9.94. The van der Waals surface area contributed by atoms with Crippen molar-refractivity contribution in [1.29, 1.82) is 0 Å². The number of nitrogens with zero attached hydrogens (tertiary/aromatic N) is 2. The molecule has 1 atom stereocenters. The summed E-state index contributed by atoms with van der Waals surface area (Å²) in [4.78, 5) is 28.6. The Labute approximate surface area is 160 Å². The van der Waals surface area contributed by atoms with Crippen molar-refractivity contribution in [2.45, 2.75) is 24.9 Å². The number of amides is 2. The van der Waals surface area contributed by atoms with E-state index in [1.54, 1.807) is 29.2 Å². The molecule has 0 aromatic heterocycles. The smallest absolute Gasteiger partial charge is 0.251 e. The highest BCUT2D eigenvalue weighted by Gasteiger charge is 2.33. The molecule has 2 N–H and O–H groups in total. The number of hydrogen-bond acceptors (Lipinski definition) is 5. The quantitative estimate of drug-likeness (QED) is 0.783. The standard InChI is InChI=1S/C20H29N3O4/c24-18(15-21-19(25)17-5-2-1-3-6-17)23-9-4-7-20(26,8-10-23)16-22-11-13-27-14-12-22/h1-3,5-6,26H,4,7-16H2,(H,21,25)/t20-/m1/s1. The first-order valence-corrected chi connectivity index (χ1v) is 9.69. The second-order valence-electron chi connectivity index (χ2n) is 7.40. The van der Waals surface area contributed by atoms with Crippen molar-refractivity contribution in [3.8, 4) is 0 Å². The average molecular weight is 375 g/mol. The van der Waals surface area contributed by atoms with E-state index in [2.05, 4.69) is 10.2 Å². The van der Waals surface area contributed by atoms with E-state index in [0.29, 0.717) is 51.3 Å². The number of hydrogen-bond donors (Lipinski definition) is 2. The van der Waals surface area contributed by atoms with Crippen molar-refractivity contribution in [1.82, 2.24) is 15.1 Å². The van der Waals surface area contributed by atoms with E-state index < -0.39 is 5.60 Å². The third-order valence-electron chi connectivity index (χ3n) is 5.33. The van der Waals surface area contributed by atoms with Gasteiger partial charge in [0.25, 0.3) is 5.91 Å². The molecule has 0 bridgehead atoms. The number of β-amino-alcohol motifs (C(OH)–C–C–N with tert-alkyl or cyclic N) is 1. The van der Waals surface area contributed by atoms with E-state index in [0.717, 1.165) is 19.5 Å². The van der Waals surface area contributed by atoms with Gasteiger partial charge in [0.15, 0.2) is 0 Å². The molecule has 1 aromatic rings. The molecule has 1 aromatic carbocycles. The normalized spacial score (nSPS) is 24.3. The van der Waals surface area contributed by atoms with Crippen molar-refractivity contribution >= 4 is 11.8 Å². The van der Waals surface area contributed by atoms with E-state index in [4.69, 9.17) is 4.74 Å². The maximum atomic E-state index is 12.5. The van der Waals surface area contributed by atoms with Crippen LogP contribution in [0.15, 0.2) is 30.3 Å². The zero-order chi connectivity index (χ0) is 19.1. The van der Waals surface area contributed by atoms with Crippen molar-refractivity contribution in [3.63, 3.8) is 0 Å². The lowest BCUT2D eigenvalue weighted by Gasteiger charge is -2.35. The molecule has 0 unspecified atom stereocenters. The van der Waals surface area contributed by atoms with Gasteiger partial charge in [0, 0.05) is 38.3 Å². The Balaban J connectivity index is 1.46. The van der Waals surface area contributed by atoms with E-state index in [1.807, 2.05) is 6.07 Å². The Morgan fingerprint density at radius 1 is 1.07 bits per heavy atom. The molecule has 2 aliphatic heterocycles. The first kappa shape index (κ1) is 19.8. The number of carbonyl (C=O) groups excluding carboxylic acids is 2. The first-order valence-electron chi connectivity index (χ1n) is 9.69. The SMILES string of the molecule is O=C(NCC(=O)N1CCC[C@](O)(CN2CCOCC2)CC1)c1ccccc1. The van der Waals surface area contributed by atoms with Crippen molar-refractivity contribution < 1.29 is 19.4 Å². The summed E-state index contributed by atoms with van der Waals surface area (Å²) in [5.74, 6) is -0.350. The molecule has 148 valence electrons. The summed E-state index contributed by atoms with van der Waals surface area (Å²) >= 11 is 0. The molecular weight excluding hydrogens is 346 g/mol. The molecule has 0 aliphatic carbocycles. The molecule has 7 heteroatoms. The zero-order valence-corrected chi connectivity index (χ0v) is 15.7. The van der Waals surface area contributed by atoms with E-state index in [1.165, 1.54) is 0 Å². The fourth-order valence-electron chi connectivity index (χ4n) is 3.72. The van der Waals surface area contributed by atoms with E-state index in [-0.39, 0.29) is 18.4 Å². The molecule has 2 heterocycles.